The lowest BCUT2D eigenvalue weighted by molar-refractivity contribution is 0.233. The van der Waals surface area contributed by atoms with Crippen molar-refractivity contribution in [3.8, 4) is 0 Å². The zero-order chi connectivity index (χ0) is 14.3. The molecule has 0 unspecified atom stereocenters. The van der Waals surface area contributed by atoms with Crippen molar-refractivity contribution in [1.82, 2.24) is 14.9 Å². The molecular weight excluding hydrogens is 258 g/mol. The maximum Gasteiger partial charge on any atom is 0.147 e. The first-order valence-electron chi connectivity index (χ1n) is 7.16. The summed E-state index contributed by atoms with van der Waals surface area (Å²) in [5.74, 6) is 1.47. The summed E-state index contributed by atoms with van der Waals surface area (Å²) >= 11 is 5.77. The second-order valence-corrected chi connectivity index (χ2v) is 6.36. The van der Waals surface area contributed by atoms with Crippen molar-refractivity contribution in [1.29, 1.82) is 0 Å². The minimum atomic E-state index is 0.458. The third-order valence-corrected chi connectivity index (χ3v) is 3.30. The first-order valence-corrected chi connectivity index (χ1v) is 7.54. The molecule has 1 rings (SSSR count). The molecule has 19 heavy (non-hydrogen) atoms. The summed E-state index contributed by atoms with van der Waals surface area (Å²) < 4.78 is 0. The molecule has 0 bridgehead atoms. The summed E-state index contributed by atoms with van der Waals surface area (Å²) in [7, 11) is 0. The van der Waals surface area contributed by atoms with Gasteiger partial charge in [0.05, 0.1) is 18.1 Å². The predicted octanol–water partition coefficient (Wildman–Crippen LogP) is 4.02. The van der Waals surface area contributed by atoms with Gasteiger partial charge in [0, 0.05) is 6.54 Å². The predicted molar refractivity (Wildman–Crippen MR) is 81.2 cm³/mol. The normalized spacial score (nSPS) is 11.8. The highest BCUT2D eigenvalue weighted by Gasteiger charge is 2.09. The Labute approximate surface area is 122 Å². The zero-order valence-corrected chi connectivity index (χ0v) is 13.3. The Kier molecular flexibility index (Phi) is 7.32. The quantitative estimate of drug-likeness (QED) is 0.721. The molecule has 0 fully saturated rings. The monoisotopic (exact) mass is 283 g/mol. The Morgan fingerprint density at radius 2 is 1.58 bits per heavy atom. The molecule has 0 aromatic carbocycles. The van der Waals surface area contributed by atoms with Gasteiger partial charge < -0.3 is 0 Å². The third kappa shape index (κ3) is 7.48. The van der Waals surface area contributed by atoms with E-state index < -0.39 is 0 Å². The van der Waals surface area contributed by atoms with Gasteiger partial charge in [-0.15, -0.1) is 0 Å². The van der Waals surface area contributed by atoms with Crippen LogP contribution in [0.25, 0.3) is 0 Å². The van der Waals surface area contributed by atoms with Crippen molar-refractivity contribution in [3.05, 3.63) is 23.2 Å². The van der Waals surface area contributed by atoms with E-state index in [1.807, 2.05) is 0 Å². The van der Waals surface area contributed by atoms with E-state index in [1.54, 1.807) is 12.4 Å². The second-order valence-electron chi connectivity index (χ2n) is 5.97. The van der Waals surface area contributed by atoms with Crippen molar-refractivity contribution in [2.24, 2.45) is 11.8 Å². The molecule has 0 N–H and O–H groups in total. The molecule has 0 aliphatic rings. The number of rotatable bonds is 8. The average molecular weight is 284 g/mol. The summed E-state index contributed by atoms with van der Waals surface area (Å²) in [5.41, 5.74) is 0.997. The van der Waals surface area contributed by atoms with Crippen molar-refractivity contribution in [2.45, 2.75) is 47.1 Å². The van der Waals surface area contributed by atoms with Gasteiger partial charge >= 0.3 is 0 Å². The Bertz CT molecular complexity index is 337. The van der Waals surface area contributed by atoms with E-state index in [4.69, 9.17) is 11.6 Å². The Balaban J connectivity index is 2.53. The molecule has 0 amide bonds. The second kappa shape index (κ2) is 8.49. The van der Waals surface area contributed by atoms with Crippen LogP contribution in [0.1, 0.15) is 46.2 Å². The maximum absolute atomic E-state index is 5.77. The first-order chi connectivity index (χ1) is 8.97. The van der Waals surface area contributed by atoms with Crippen LogP contribution in [0.15, 0.2) is 12.4 Å². The smallest absolute Gasteiger partial charge is 0.147 e. The van der Waals surface area contributed by atoms with Crippen molar-refractivity contribution >= 4 is 11.6 Å². The van der Waals surface area contributed by atoms with Crippen LogP contribution in [0.3, 0.4) is 0 Å². The molecule has 0 saturated heterocycles. The number of aromatic nitrogens is 2. The molecule has 0 spiro atoms. The molecule has 0 atom stereocenters. The molecule has 1 aromatic heterocycles. The zero-order valence-electron chi connectivity index (χ0n) is 12.6. The summed E-state index contributed by atoms with van der Waals surface area (Å²) in [4.78, 5) is 10.9. The van der Waals surface area contributed by atoms with Crippen LogP contribution in [0, 0.1) is 11.8 Å². The molecule has 0 aliphatic heterocycles. The van der Waals surface area contributed by atoms with E-state index in [1.165, 1.54) is 12.8 Å². The van der Waals surface area contributed by atoms with Crippen molar-refractivity contribution < 1.29 is 0 Å². The molecule has 4 heteroatoms. The van der Waals surface area contributed by atoms with E-state index >= 15 is 0 Å². The number of nitrogens with zero attached hydrogens (tertiary/aromatic N) is 3. The van der Waals surface area contributed by atoms with E-state index in [9.17, 15) is 0 Å². The molecule has 0 radical (unpaired) electrons. The summed E-state index contributed by atoms with van der Waals surface area (Å²) in [6.45, 7) is 12.2. The fourth-order valence-electron chi connectivity index (χ4n) is 1.80. The van der Waals surface area contributed by atoms with Crippen LogP contribution in [-0.4, -0.2) is 28.0 Å². The van der Waals surface area contributed by atoms with Gasteiger partial charge in [0.1, 0.15) is 5.15 Å². The Hall–Kier alpha value is -0.670. The first kappa shape index (κ1) is 16.4. The fraction of sp³-hybridized carbons (Fsp3) is 0.733. The molecule has 0 aliphatic carbocycles. The van der Waals surface area contributed by atoms with Crippen molar-refractivity contribution in [2.75, 3.05) is 13.1 Å². The topological polar surface area (TPSA) is 29.0 Å². The van der Waals surface area contributed by atoms with Crippen molar-refractivity contribution in [3.63, 3.8) is 0 Å². The van der Waals surface area contributed by atoms with Gasteiger partial charge in [-0.25, -0.2) is 4.98 Å². The maximum atomic E-state index is 5.77. The lowest BCUT2D eigenvalue weighted by Crippen LogP contribution is -2.27. The van der Waals surface area contributed by atoms with Crippen LogP contribution in [-0.2, 0) is 6.54 Å². The number of hydrogen-bond acceptors (Lipinski definition) is 3. The molecule has 1 aromatic rings. The average Bonchev–Trinajstić information content (AvgIpc) is 2.35. The molecule has 108 valence electrons. The van der Waals surface area contributed by atoms with Crippen LogP contribution in [0.2, 0.25) is 5.15 Å². The summed E-state index contributed by atoms with van der Waals surface area (Å²) in [6.07, 6.45) is 5.85. The van der Waals surface area contributed by atoms with E-state index in [0.29, 0.717) is 5.15 Å². The SMILES string of the molecule is CC(C)CCN(CCC(C)C)Cc1cnc(Cl)cn1. The molecule has 1 heterocycles. The van der Waals surface area contributed by atoms with Crippen LogP contribution in [0.5, 0.6) is 0 Å². The standard InChI is InChI=1S/C15H26ClN3/c1-12(2)5-7-19(8-6-13(3)4)11-14-9-18-15(16)10-17-14/h9-10,12-13H,5-8,11H2,1-4H3. The lowest BCUT2D eigenvalue weighted by Gasteiger charge is -2.23. The van der Waals surface area contributed by atoms with Crippen LogP contribution < -0.4 is 0 Å². The summed E-state index contributed by atoms with van der Waals surface area (Å²) in [6, 6.07) is 0. The van der Waals surface area contributed by atoms with Gasteiger partial charge in [-0.1, -0.05) is 39.3 Å². The number of hydrogen-bond donors (Lipinski definition) is 0. The minimum absolute atomic E-state index is 0.458. The van der Waals surface area contributed by atoms with E-state index in [-0.39, 0.29) is 0 Å². The molecule has 0 saturated carbocycles. The van der Waals surface area contributed by atoms with Gasteiger partial charge in [-0.3, -0.25) is 9.88 Å². The van der Waals surface area contributed by atoms with E-state index in [0.717, 1.165) is 37.2 Å². The van der Waals surface area contributed by atoms with Crippen LogP contribution in [0.4, 0.5) is 0 Å². The molecular formula is C15H26ClN3. The van der Waals surface area contributed by atoms with Gasteiger partial charge in [0.25, 0.3) is 0 Å². The van der Waals surface area contributed by atoms with Gasteiger partial charge in [0.15, 0.2) is 0 Å². The molecule has 3 nitrogen and oxygen atoms in total. The van der Waals surface area contributed by atoms with Gasteiger partial charge in [-0.2, -0.15) is 0 Å². The highest BCUT2D eigenvalue weighted by atomic mass is 35.5. The van der Waals surface area contributed by atoms with Gasteiger partial charge in [-0.05, 0) is 37.8 Å². The lowest BCUT2D eigenvalue weighted by atomic mass is 10.1. The Morgan fingerprint density at radius 3 is 2.00 bits per heavy atom. The Morgan fingerprint density at radius 1 is 1.00 bits per heavy atom. The number of halogens is 1. The summed E-state index contributed by atoms with van der Waals surface area (Å²) in [5, 5.41) is 0.458. The van der Waals surface area contributed by atoms with Crippen LogP contribution >= 0.6 is 11.6 Å². The highest BCUT2D eigenvalue weighted by Crippen LogP contribution is 2.10. The van der Waals surface area contributed by atoms with E-state index in [2.05, 4.69) is 42.6 Å². The van der Waals surface area contributed by atoms with Gasteiger partial charge in [0.2, 0.25) is 0 Å². The minimum Gasteiger partial charge on any atom is -0.297 e. The largest absolute Gasteiger partial charge is 0.297 e. The fourth-order valence-corrected chi connectivity index (χ4v) is 1.90. The highest BCUT2D eigenvalue weighted by molar-refractivity contribution is 6.29. The third-order valence-electron chi connectivity index (χ3n) is 3.10.